The quantitative estimate of drug-likeness (QED) is 0.797. The first kappa shape index (κ1) is 11.1. The zero-order chi connectivity index (χ0) is 11.5. The lowest BCUT2D eigenvalue weighted by Crippen LogP contribution is -2.49. The fourth-order valence-electron chi connectivity index (χ4n) is 1.74. The zero-order valence-corrected chi connectivity index (χ0v) is 9.35. The molecule has 1 fully saturated rings. The summed E-state index contributed by atoms with van der Waals surface area (Å²) in [6.45, 7) is 3.12. The van der Waals surface area contributed by atoms with Crippen molar-refractivity contribution in [3.05, 3.63) is 29.8 Å². The SMILES string of the molecule is Cc1ccc(N2CC(CN)OCC2=O)cc1. The van der Waals surface area contributed by atoms with Crippen LogP contribution in [0.4, 0.5) is 5.69 Å². The van der Waals surface area contributed by atoms with Crippen molar-refractivity contribution in [2.24, 2.45) is 5.73 Å². The van der Waals surface area contributed by atoms with Crippen LogP contribution in [0.5, 0.6) is 0 Å². The van der Waals surface area contributed by atoms with E-state index in [0.29, 0.717) is 13.1 Å². The van der Waals surface area contributed by atoms with E-state index in [4.69, 9.17) is 10.5 Å². The number of morpholine rings is 1. The number of nitrogens with zero attached hydrogens (tertiary/aromatic N) is 1. The van der Waals surface area contributed by atoms with E-state index in [0.717, 1.165) is 5.69 Å². The molecule has 1 aliphatic heterocycles. The molecule has 1 amide bonds. The Morgan fingerprint density at radius 3 is 2.75 bits per heavy atom. The van der Waals surface area contributed by atoms with Gasteiger partial charge in [0.15, 0.2) is 0 Å². The van der Waals surface area contributed by atoms with Crippen molar-refractivity contribution in [2.45, 2.75) is 13.0 Å². The van der Waals surface area contributed by atoms with Crippen LogP contribution < -0.4 is 10.6 Å². The van der Waals surface area contributed by atoms with Gasteiger partial charge in [-0.3, -0.25) is 4.79 Å². The van der Waals surface area contributed by atoms with Crippen LogP contribution in [0.1, 0.15) is 5.56 Å². The van der Waals surface area contributed by atoms with Gasteiger partial charge < -0.3 is 15.4 Å². The van der Waals surface area contributed by atoms with Crippen molar-refractivity contribution >= 4 is 11.6 Å². The van der Waals surface area contributed by atoms with Crippen LogP contribution >= 0.6 is 0 Å². The van der Waals surface area contributed by atoms with E-state index in [1.54, 1.807) is 4.90 Å². The third-order valence-corrected chi connectivity index (χ3v) is 2.74. The summed E-state index contributed by atoms with van der Waals surface area (Å²) in [5.74, 6) is -0.00597. The Bertz CT molecular complexity index is 375. The number of aryl methyl sites for hydroxylation is 1. The van der Waals surface area contributed by atoms with Crippen molar-refractivity contribution < 1.29 is 9.53 Å². The molecule has 1 aromatic carbocycles. The van der Waals surface area contributed by atoms with Gasteiger partial charge in [0.1, 0.15) is 6.61 Å². The predicted molar refractivity (Wildman–Crippen MR) is 62.3 cm³/mol. The minimum atomic E-state index is -0.0565. The number of nitrogens with two attached hydrogens (primary N) is 1. The van der Waals surface area contributed by atoms with Gasteiger partial charge in [-0.05, 0) is 19.1 Å². The van der Waals surface area contributed by atoms with Crippen LogP contribution in [0.25, 0.3) is 0 Å². The van der Waals surface area contributed by atoms with Crippen LogP contribution in [-0.4, -0.2) is 31.7 Å². The lowest BCUT2D eigenvalue weighted by atomic mass is 10.2. The van der Waals surface area contributed by atoms with E-state index in [1.807, 2.05) is 31.2 Å². The predicted octanol–water partition coefficient (Wildman–Crippen LogP) is 0.686. The normalized spacial score (nSPS) is 21.2. The fraction of sp³-hybridized carbons (Fsp3) is 0.417. The van der Waals surface area contributed by atoms with Crippen LogP contribution in [0, 0.1) is 6.92 Å². The molecule has 1 unspecified atom stereocenters. The Balaban J connectivity index is 2.17. The van der Waals surface area contributed by atoms with E-state index in [-0.39, 0.29) is 18.6 Å². The van der Waals surface area contributed by atoms with Crippen LogP contribution in [-0.2, 0) is 9.53 Å². The second-order valence-corrected chi connectivity index (χ2v) is 4.01. The van der Waals surface area contributed by atoms with Crippen LogP contribution in [0.15, 0.2) is 24.3 Å². The summed E-state index contributed by atoms with van der Waals surface area (Å²) in [7, 11) is 0. The summed E-state index contributed by atoms with van der Waals surface area (Å²) in [5.41, 5.74) is 7.64. The van der Waals surface area contributed by atoms with Gasteiger partial charge in [-0.15, -0.1) is 0 Å². The van der Waals surface area contributed by atoms with E-state index in [2.05, 4.69) is 0 Å². The summed E-state index contributed by atoms with van der Waals surface area (Å²) >= 11 is 0. The minimum Gasteiger partial charge on any atom is -0.365 e. The average Bonchev–Trinajstić information content (AvgIpc) is 2.31. The second-order valence-electron chi connectivity index (χ2n) is 4.01. The molecule has 2 rings (SSSR count). The summed E-state index contributed by atoms with van der Waals surface area (Å²) in [6.07, 6.45) is -0.0565. The molecule has 16 heavy (non-hydrogen) atoms. The molecule has 4 nitrogen and oxygen atoms in total. The van der Waals surface area contributed by atoms with Crippen molar-refractivity contribution in [1.82, 2.24) is 0 Å². The number of rotatable bonds is 2. The highest BCUT2D eigenvalue weighted by Crippen LogP contribution is 2.18. The van der Waals surface area contributed by atoms with E-state index < -0.39 is 0 Å². The first-order chi connectivity index (χ1) is 7.70. The maximum Gasteiger partial charge on any atom is 0.253 e. The third-order valence-electron chi connectivity index (χ3n) is 2.74. The Labute approximate surface area is 95.0 Å². The molecule has 0 spiro atoms. The number of benzene rings is 1. The highest BCUT2D eigenvalue weighted by Gasteiger charge is 2.26. The molecule has 86 valence electrons. The highest BCUT2D eigenvalue weighted by atomic mass is 16.5. The molecule has 1 atom stereocenters. The lowest BCUT2D eigenvalue weighted by molar-refractivity contribution is -0.128. The van der Waals surface area contributed by atoms with Crippen molar-refractivity contribution in [3.63, 3.8) is 0 Å². The molecule has 0 radical (unpaired) electrons. The summed E-state index contributed by atoms with van der Waals surface area (Å²) in [5, 5.41) is 0. The molecule has 2 N–H and O–H groups in total. The number of amides is 1. The van der Waals surface area contributed by atoms with Gasteiger partial charge >= 0.3 is 0 Å². The first-order valence-electron chi connectivity index (χ1n) is 5.39. The van der Waals surface area contributed by atoms with E-state index >= 15 is 0 Å². The Hall–Kier alpha value is -1.39. The van der Waals surface area contributed by atoms with Crippen molar-refractivity contribution in [3.8, 4) is 0 Å². The molecule has 0 aromatic heterocycles. The fourth-order valence-corrected chi connectivity index (χ4v) is 1.74. The maximum absolute atomic E-state index is 11.7. The maximum atomic E-state index is 11.7. The van der Waals surface area contributed by atoms with E-state index in [9.17, 15) is 4.79 Å². The minimum absolute atomic E-state index is 0.00597. The van der Waals surface area contributed by atoms with E-state index in [1.165, 1.54) is 5.56 Å². The Kier molecular flexibility index (Phi) is 3.22. The summed E-state index contributed by atoms with van der Waals surface area (Å²) in [6, 6.07) is 7.89. The number of anilines is 1. The van der Waals surface area contributed by atoms with Gasteiger partial charge in [0.05, 0.1) is 12.6 Å². The molecule has 4 heteroatoms. The molecule has 1 heterocycles. The largest absolute Gasteiger partial charge is 0.365 e. The number of carbonyl (C=O) groups excluding carboxylic acids is 1. The number of ether oxygens (including phenoxy) is 1. The highest BCUT2D eigenvalue weighted by molar-refractivity contribution is 5.94. The standard InChI is InChI=1S/C12H16N2O2/c1-9-2-4-10(5-3-9)14-7-11(6-13)16-8-12(14)15/h2-5,11H,6-8,13H2,1H3. The van der Waals surface area contributed by atoms with Gasteiger partial charge in [-0.2, -0.15) is 0 Å². The second kappa shape index (κ2) is 4.63. The van der Waals surface area contributed by atoms with Gasteiger partial charge in [-0.25, -0.2) is 0 Å². The molecule has 1 aliphatic rings. The monoisotopic (exact) mass is 220 g/mol. The van der Waals surface area contributed by atoms with Crippen LogP contribution in [0.3, 0.4) is 0 Å². The summed E-state index contributed by atoms with van der Waals surface area (Å²) < 4.78 is 5.30. The van der Waals surface area contributed by atoms with Gasteiger partial charge in [0, 0.05) is 12.2 Å². The number of carbonyl (C=O) groups is 1. The number of hydrogen-bond donors (Lipinski definition) is 1. The smallest absolute Gasteiger partial charge is 0.253 e. The Morgan fingerprint density at radius 2 is 2.12 bits per heavy atom. The lowest BCUT2D eigenvalue weighted by Gasteiger charge is -2.32. The topological polar surface area (TPSA) is 55.6 Å². The zero-order valence-electron chi connectivity index (χ0n) is 9.35. The van der Waals surface area contributed by atoms with Crippen LogP contribution in [0.2, 0.25) is 0 Å². The molecular weight excluding hydrogens is 204 g/mol. The molecule has 0 saturated carbocycles. The molecular formula is C12H16N2O2. The summed E-state index contributed by atoms with van der Waals surface area (Å²) in [4.78, 5) is 13.4. The number of hydrogen-bond acceptors (Lipinski definition) is 3. The van der Waals surface area contributed by atoms with Crippen molar-refractivity contribution in [1.29, 1.82) is 0 Å². The molecule has 0 bridgehead atoms. The van der Waals surface area contributed by atoms with Gasteiger partial charge in [-0.1, -0.05) is 17.7 Å². The average molecular weight is 220 g/mol. The molecule has 1 saturated heterocycles. The van der Waals surface area contributed by atoms with Crippen molar-refractivity contribution in [2.75, 3.05) is 24.6 Å². The van der Waals surface area contributed by atoms with Gasteiger partial charge in [0.25, 0.3) is 5.91 Å². The van der Waals surface area contributed by atoms with Gasteiger partial charge in [0.2, 0.25) is 0 Å². The first-order valence-corrected chi connectivity index (χ1v) is 5.39. The molecule has 0 aliphatic carbocycles. The molecule has 1 aromatic rings. The Morgan fingerprint density at radius 1 is 1.44 bits per heavy atom. The third kappa shape index (κ3) is 2.23.